The van der Waals surface area contributed by atoms with Gasteiger partial charge < -0.3 is 5.32 Å². The lowest BCUT2D eigenvalue weighted by Crippen LogP contribution is -2.30. The smallest absolute Gasteiger partial charge is 0.127 e. The summed E-state index contributed by atoms with van der Waals surface area (Å²) in [7, 11) is 0. The highest BCUT2D eigenvalue weighted by atomic mass is 35.5. The quantitative estimate of drug-likeness (QED) is 0.816. The molecule has 0 aliphatic rings. The number of hydrogen-bond acceptors (Lipinski definition) is 1. The van der Waals surface area contributed by atoms with Gasteiger partial charge in [0.25, 0.3) is 0 Å². The third-order valence-electron chi connectivity index (χ3n) is 2.47. The lowest BCUT2D eigenvalue weighted by molar-refractivity contribution is 0.496. The SMILES string of the molecule is CCNC(CC)Cc1ccc(Cl)cc1F. The zero-order valence-electron chi connectivity index (χ0n) is 9.19. The van der Waals surface area contributed by atoms with Gasteiger partial charge in [0.1, 0.15) is 5.82 Å². The van der Waals surface area contributed by atoms with E-state index in [1.54, 1.807) is 12.1 Å². The maximum absolute atomic E-state index is 13.5. The first kappa shape index (κ1) is 12.5. The number of likely N-dealkylation sites (N-methyl/N-ethyl adjacent to an activating group) is 1. The topological polar surface area (TPSA) is 12.0 Å². The van der Waals surface area contributed by atoms with E-state index in [2.05, 4.69) is 19.2 Å². The Bertz CT molecular complexity index is 314. The Morgan fingerprint density at radius 2 is 2.13 bits per heavy atom. The van der Waals surface area contributed by atoms with Crippen LogP contribution in [0.1, 0.15) is 25.8 Å². The summed E-state index contributed by atoms with van der Waals surface area (Å²) in [6, 6.07) is 5.21. The predicted molar refractivity (Wildman–Crippen MR) is 62.9 cm³/mol. The van der Waals surface area contributed by atoms with Crippen molar-refractivity contribution >= 4 is 11.6 Å². The van der Waals surface area contributed by atoms with Crippen LogP contribution in [0.2, 0.25) is 5.02 Å². The molecule has 1 aromatic carbocycles. The number of nitrogens with one attached hydrogen (secondary N) is 1. The molecule has 0 aliphatic carbocycles. The van der Waals surface area contributed by atoms with E-state index in [9.17, 15) is 4.39 Å². The highest BCUT2D eigenvalue weighted by molar-refractivity contribution is 6.30. The van der Waals surface area contributed by atoms with Gasteiger partial charge >= 0.3 is 0 Å². The number of hydrogen-bond donors (Lipinski definition) is 1. The maximum atomic E-state index is 13.5. The van der Waals surface area contributed by atoms with Crippen molar-refractivity contribution < 1.29 is 4.39 Å². The van der Waals surface area contributed by atoms with Gasteiger partial charge in [0.05, 0.1) is 0 Å². The molecule has 15 heavy (non-hydrogen) atoms. The van der Waals surface area contributed by atoms with Crippen molar-refractivity contribution in [1.82, 2.24) is 5.32 Å². The molecule has 1 unspecified atom stereocenters. The van der Waals surface area contributed by atoms with Gasteiger partial charge in [-0.25, -0.2) is 4.39 Å². The molecular weight excluding hydrogens is 213 g/mol. The molecule has 3 heteroatoms. The van der Waals surface area contributed by atoms with E-state index in [0.29, 0.717) is 17.5 Å². The van der Waals surface area contributed by atoms with Gasteiger partial charge in [0.2, 0.25) is 0 Å². The lowest BCUT2D eigenvalue weighted by atomic mass is 10.0. The zero-order chi connectivity index (χ0) is 11.3. The Balaban J connectivity index is 2.70. The number of halogens is 2. The average molecular weight is 230 g/mol. The van der Waals surface area contributed by atoms with Crippen molar-refractivity contribution in [2.24, 2.45) is 0 Å². The molecule has 0 saturated carbocycles. The predicted octanol–water partition coefficient (Wildman–Crippen LogP) is 3.41. The standard InChI is InChI=1S/C12H17ClFN/c1-3-11(15-4-2)7-9-5-6-10(13)8-12(9)14/h5-6,8,11,15H,3-4,7H2,1-2H3. The summed E-state index contributed by atoms with van der Waals surface area (Å²) in [4.78, 5) is 0. The summed E-state index contributed by atoms with van der Waals surface area (Å²) < 4.78 is 13.5. The summed E-state index contributed by atoms with van der Waals surface area (Å²) >= 11 is 5.69. The van der Waals surface area contributed by atoms with Crippen molar-refractivity contribution in [3.8, 4) is 0 Å². The van der Waals surface area contributed by atoms with Gasteiger partial charge in [-0.1, -0.05) is 31.5 Å². The van der Waals surface area contributed by atoms with Gasteiger partial charge in [0.15, 0.2) is 0 Å². The minimum atomic E-state index is -0.209. The summed E-state index contributed by atoms with van der Waals surface area (Å²) in [5.74, 6) is -0.209. The van der Waals surface area contributed by atoms with E-state index >= 15 is 0 Å². The van der Waals surface area contributed by atoms with Crippen LogP contribution in [0.5, 0.6) is 0 Å². The molecule has 0 heterocycles. The van der Waals surface area contributed by atoms with Crippen LogP contribution >= 0.6 is 11.6 Å². The minimum Gasteiger partial charge on any atom is -0.314 e. The van der Waals surface area contributed by atoms with Crippen LogP contribution in [0.15, 0.2) is 18.2 Å². The summed E-state index contributed by atoms with van der Waals surface area (Å²) in [6.45, 7) is 5.07. The molecule has 1 nitrogen and oxygen atoms in total. The molecule has 84 valence electrons. The highest BCUT2D eigenvalue weighted by Crippen LogP contribution is 2.16. The first-order valence-corrected chi connectivity index (χ1v) is 5.72. The number of rotatable bonds is 5. The molecular formula is C12H17ClFN. The van der Waals surface area contributed by atoms with Crippen LogP contribution in [-0.4, -0.2) is 12.6 Å². The third-order valence-corrected chi connectivity index (χ3v) is 2.70. The van der Waals surface area contributed by atoms with E-state index in [1.165, 1.54) is 6.07 Å². The fraction of sp³-hybridized carbons (Fsp3) is 0.500. The molecule has 0 radical (unpaired) electrons. The highest BCUT2D eigenvalue weighted by Gasteiger charge is 2.09. The Morgan fingerprint density at radius 3 is 2.67 bits per heavy atom. The normalized spacial score (nSPS) is 12.8. The van der Waals surface area contributed by atoms with Gasteiger partial charge in [-0.15, -0.1) is 0 Å². The fourth-order valence-electron chi connectivity index (χ4n) is 1.60. The second-order valence-electron chi connectivity index (χ2n) is 3.60. The van der Waals surface area contributed by atoms with Crippen LogP contribution in [0, 0.1) is 5.82 Å². The van der Waals surface area contributed by atoms with Crippen molar-refractivity contribution in [2.45, 2.75) is 32.7 Å². The monoisotopic (exact) mass is 229 g/mol. The largest absolute Gasteiger partial charge is 0.314 e. The molecule has 1 atom stereocenters. The van der Waals surface area contributed by atoms with Crippen LogP contribution in [0.3, 0.4) is 0 Å². The number of benzene rings is 1. The molecule has 0 spiro atoms. The van der Waals surface area contributed by atoms with Crippen molar-refractivity contribution in [3.63, 3.8) is 0 Å². The molecule has 0 aromatic heterocycles. The molecule has 0 bridgehead atoms. The van der Waals surface area contributed by atoms with Crippen molar-refractivity contribution in [2.75, 3.05) is 6.54 Å². The van der Waals surface area contributed by atoms with Crippen LogP contribution < -0.4 is 5.32 Å². The van der Waals surface area contributed by atoms with E-state index < -0.39 is 0 Å². The van der Waals surface area contributed by atoms with Crippen LogP contribution in [0.4, 0.5) is 4.39 Å². The Kier molecular flexibility index (Phi) is 5.06. The second kappa shape index (κ2) is 6.09. The van der Waals surface area contributed by atoms with Gasteiger partial charge in [-0.2, -0.15) is 0 Å². The van der Waals surface area contributed by atoms with Gasteiger partial charge in [0, 0.05) is 11.1 Å². The van der Waals surface area contributed by atoms with Gasteiger partial charge in [-0.05, 0) is 37.1 Å². The summed E-state index contributed by atoms with van der Waals surface area (Å²) in [5, 5.41) is 3.77. The molecule has 1 rings (SSSR count). The van der Waals surface area contributed by atoms with Crippen LogP contribution in [-0.2, 0) is 6.42 Å². The maximum Gasteiger partial charge on any atom is 0.127 e. The fourth-order valence-corrected chi connectivity index (χ4v) is 1.76. The van der Waals surface area contributed by atoms with E-state index in [-0.39, 0.29) is 5.82 Å². The Morgan fingerprint density at radius 1 is 1.40 bits per heavy atom. The molecule has 0 amide bonds. The van der Waals surface area contributed by atoms with E-state index in [4.69, 9.17) is 11.6 Å². The molecule has 0 saturated heterocycles. The Hall–Kier alpha value is -0.600. The third kappa shape index (κ3) is 3.80. The molecule has 0 aliphatic heterocycles. The van der Waals surface area contributed by atoms with Gasteiger partial charge in [-0.3, -0.25) is 0 Å². The molecule has 1 aromatic rings. The van der Waals surface area contributed by atoms with E-state index in [0.717, 1.165) is 18.5 Å². The first-order valence-electron chi connectivity index (χ1n) is 5.34. The minimum absolute atomic E-state index is 0.209. The Labute approximate surface area is 95.6 Å². The second-order valence-corrected chi connectivity index (χ2v) is 4.04. The van der Waals surface area contributed by atoms with Crippen LogP contribution in [0.25, 0.3) is 0 Å². The van der Waals surface area contributed by atoms with Crippen molar-refractivity contribution in [3.05, 3.63) is 34.6 Å². The lowest BCUT2D eigenvalue weighted by Gasteiger charge is -2.16. The molecule has 1 N–H and O–H groups in total. The van der Waals surface area contributed by atoms with E-state index in [1.807, 2.05) is 0 Å². The van der Waals surface area contributed by atoms with Crippen molar-refractivity contribution in [1.29, 1.82) is 0 Å². The summed E-state index contributed by atoms with van der Waals surface area (Å²) in [6.07, 6.45) is 1.71. The zero-order valence-corrected chi connectivity index (χ0v) is 9.94. The summed E-state index contributed by atoms with van der Waals surface area (Å²) in [5.41, 5.74) is 0.729. The molecule has 0 fully saturated rings. The average Bonchev–Trinajstić information content (AvgIpc) is 2.21. The first-order chi connectivity index (χ1) is 7.17.